The molecule has 1 N–H and O–H groups in total. The maximum absolute atomic E-state index is 13.2. The van der Waals surface area contributed by atoms with Crippen molar-refractivity contribution in [3.05, 3.63) is 68.9 Å². The van der Waals surface area contributed by atoms with Gasteiger partial charge in [0.15, 0.2) is 5.69 Å². The highest BCUT2D eigenvalue weighted by atomic mass is 35.5. The van der Waals surface area contributed by atoms with Crippen molar-refractivity contribution in [1.82, 2.24) is 15.0 Å². The third kappa shape index (κ3) is 4.12. The van der Waals surface area contributed by atoms with Gasteiger partial charge in [0.25, 0.3) is 5.91 Å². The number of hydrogen-bond acceptors (Lipinski definition) is 3. The molecule has 0 atom stereocenters. The van der Waals surface area contributed by atoms with Gasteiger partial charge < -0.3 is 4.98 Å². The first kappa shape index (κ1) is 19.7. The van der Waals surface area contributed by atoms with Crippen LogP contribution in [0.15, 0.2) is 42.5 Å². The zero-order chi connectivity index (χ0) is 19.7. The Bertz CT molecular complexity index is 983. The number of anilines is 1. The van der Waals surface area contributed by atoms with Gasteiger partial charge in [-0.2, -0.15) is 0 Å². The number of aromatic amines is 1. The lowest BCUT2D eigenvalue weighted by molar-refractivity contribution is 0.0925. The summed E-state index contributed by atoms with van der Waals surface area (Å²) in [6, 6.07) is 12.1. The average molecular weight is 424 g/mol. The number of H-pyrrole nitrogens is 1. The van der Waals surface area contributed by atoms with Crippen molar-refractivity contribution < 1.29 is 4.79 Å². The van der Waals surface area contributed by atoms with Gasteiger partial charge in [-0.3, -0.25) is 4.79 Å². The van der Waals surface area contributed by atoms with Gasteiger partial charge in [-0.05, 0) is 49.4 Å². The van der Waals surface area contributed by atoms with Crippen molar-refractivity contribution in [3.63, 3.8) is 0 Å². The number of benzene rings is 2. The number of amides is 1. The predicted octanol–water partition coefficient (Wildman–Crippen LogP) is 5.47. The number of carbonyl (C=O) groups excluding carboxylic acids is 1. The Morgan fingerprint density at radius 3 is 2.22 bits per heavy atom. The van der Waals surface area contributed by atoms with Crippen molar-refractivity contribution in [2.24, 2.45) is 0 Å². The smallest absolute Gasteiger partial charge is 0.293 e. The lowest BCUT2D eigenvalue weighted by Gasteiger charge is -2.28. The SMILES string of the molecule is Cc1[nH]c(-c2ccc(Cl)cc2Cl)nc1C(=O)N(c1ccc(Cl)cc1)N(C)C. The summed E-state index contributed by atoms with van der Waals surface area (Å²) in [5, 5.41) is 4.80. The van der Waals surface area contributed by atoms with Crippen LogP contribution in [0.25, 0.3) is 11.4 Å². The van der Waals surface area contributed by atoms with E-state index in [-0.39, 0.29) is 5.91 Å². The molecule has 0 fully saturated rings. The van der Waals surface area contributed by atoms with Crippen molar-refractivity contribution in [3.8, 4) is 11.4 Å². The number of hydrazine groups is 1. The highest BCUT2D eigenvalue weighted by molar-refractivity contribution is 6.36. The predicted molar refractivity (Wildman–Crippen MR) is 111 cm³/mol. The fraction of sp³-hybridized carbons (Fsp3) is 0.158. The van der Waals surface area contributed by atoms with Crippen LogP contribution in [0.3, 0.4) is 0 Å². The molecule has 0 saturated heterocycles. The van der Waals surface area contributed by atoms with Crippen LogP contribution in [0.1, 0.15) is 16.2 Å². The van der Waals surface area contributed by atoms with Gasteiger partial charge >= 0.3 is 0 Å². The quantitative estimate of drug-likeness (QED) is 0.566. The molecule has 0 spiro atoms. The highest BCUT2D eigenvalue weighted by Gasteiger charge is 2.25. The summed E-state index contributed by atoms with van der Waals surface area (Å²) in [5.41, 5.74) is 2.30. The van der Waals surface area contributed by atoms with Crippen LogP contribution in [-0.4, -0.2) is 35.0 Å². The number of nitrogens with one attached hydrogen (secondary N) is 1. The summed E-state index contributed by atoms with van der Waals surface area (Å²) in [7, 11) is 3.57. The van der Waals surface area contributed by atoms with Crippen LogP contribution in [0.5, 0.6) is 0 Å². The molecule has 8 heteroatoms. The summed E-state index contributed by atoms with van der Waals surface area (Å²) in [5.74, 6) is 0.236. The van der Waals surface area contributed by atoms with Gasteiger partial charge in [0.05, 0.1) is 10.7 Å². The molecule has 0 aliphatic heterocycles. The second kappa shape index (κ2) is 7.90. The number of carbonyl (C=O) groups is 1. The monoisotopic (exact) mass is 422 g/mol. The largest absolute Gasteiger partial charge is 0.341 e. The maximum atomic E-state index is 13.2. The summed E-state index contributed by atoms with van der Waals surface area (Å²) >= 11 is 18.2. The molecular formula is C19H17Cl3N4O. The van der Waals surface area contributed by atoms with E-state index in [0.29, 0.717) is 43.5 Å². The standard InChI is InChI=1S/C19H17Cl3N4O/c1-11-17(24-18(23-11)15-9-6-13(21)10-16(15)22)19(27)26(25(2)3)14-7-4-12(20)5-8-14/h4-10H,1-3H3,(H,23,24). The molecule has 27 heavy (non-hydrogen) atoms. The molecule has 0 radical (unpaired) electrons. The minimum absolute atomic E-state index is 0.271. The van der Waals surface area contributed by atoms with Crippen LogP contribution in [0.2, 0.25) is 15.1 Å². The molecule has 0 aliphatic carbocycles. The molecule has 3 rings (SSSR count). The van der Waals surface area contributed by atoms with E-state index in [2.05, 4.69) is 9.97 Å². The summed E-state index contributed by atoms with van der Waals surface area (Å²) in [4.78, 5) is 20.8. The normalized spacial score (nSPS) is 11.1. The summed E-state index contributed by atoms with van der Waals surface area (Å²) in [6.45, 7) is 1.79. The number of hydrogen-bond donors (Lipinski definition) is 1. The molecule has 1 heterocycles. The van der Waals surface area contributed by atoms with Crippen LogP contribution in [0, 0.1) is 6.92 Å². The fourth-order valence-corrected chi connectivity index (χ4v) is 3.31. The van der Waals surface area contributed by atoms with Gasteiger partial charge in [0, 0.05) is 35.4 Å². The second-order valence-electron chi connectivity index (χ2n) is 6.12. The number of imidazole rings is 1. The Kier molecular flexibility index (Phi) is 5.77. The zero-order valence-corrected chi connectivity index (χ0v) is 17.2. The Balaban J connectivity index is 2.00. The Hall–Kier alpha value is -2.05. The maximum Gasteiger partial charge on any atom is 0.293 e. The first-order chi connectivity index (χ1) is 12.8. The van der Waals surface area contributed by atoms with E-state index < -0.39 is 0 Å². The molecule has 1 amide bonds. The molecule has 5 nitrogen and oxygen atoms in total. The van der Waals surface area contributed by atoms with Gasteiger partial charge in [-0.1, -0.05) is 34.8 Å². The van der Waals surface area contributed by atoms with Crippen molar-refractivity contribution in [1.29, 1.82) is 0 Å². The molecule has 2 aromatic carbocycles. The van der Waals surface area contributed by atoms with Crippen LogP contribution >= 0.6 is 34.8 Å². The van der Waals surface area contributed by atoms with Gasteiger partial charge in [0.2, 0.25) is 0 Å². The Morgan fingerprint density at radius 2 is 1.63 bits per heavy atom. The number of rotatable bonds is 4. The number of aryl methyl sites for hydroxylation is 1. The highest BCUT2D eigenvalue weighted by Crippen LogP contribution is 2.30. The van der Waals surface area contributed by atoms with Crippen molar-refractivity contribution in [2.75, 3.05) is 19.1 Å². The molecular weight excluding hydrogens is 407 g/mol. The van der Waals surface area contributed by atoms with Crippen LogP contribution < -0.4 is 5.01 Å². The molecule has 0 aliphatic rings. The molecule has 1 aromatic heterocycles. The molecule has 140 valence electrons. The van der Waals surface area contributed by atoms with Gasteiger partial charge in [-0.25, -0.2) is 15.0 Å². The Labute approximate surface area is 172 Å². The zero-order valence-electron chi connectivity index (χ0n) is 14.9. The van der Waals surface area contributed by atoms with Crippen LogP contribution in [0.4, 0.5) is 5.69 Å². The van der Waals surface area contributed by atoms with Crippen molar-refractivity contribution >= 4 is 46.4 Å². The first-order valence-electron chi connectivity index (χ1n) is 8.07. The summed E-state index contributed by atoms with van der Waals surface area (Å²) < 4.78 is 0. The lowest BCUT2D eigenvalue weighted by atomic mass is 10.2. The van der Waals surface area contributed by atoms with Crippen LogP contribution in [-0.2, 0) is 0 Å². The minimum atomic E-state index is -0.271. The topological polar surface area (TPSA) is 52.2 Å². The van der Waals surface area contributed by atoms with E-state index in [0.717, 1.165) is 0 Å². The number of halogens is 3. The van der Waals surface area contributed by atoms with Gasteiger partial charge in [0.1, 0.15) is 5.82 Å². The second-order valence-corrected chi connectivity index (χ2v) is 7.40. The van der Waals surface area contributed by atoms with Gasteiger partial charge in [-0.15, -0.1) is 0 Å². The Morgan fingerprint density at radius 1 is 1.00 bits per heavy atom. The minimum Gasteiger partial charge on any atom is -0.341 e. The van der Waals surface area contributed by atoms with E-state index in [1.54, 1.807) is 68.5 Å². The van der Waals surface area contributed by atoms with E-state index in [1.807, 2.05) is 0 Å². The van der Waals surface area contributed by atoms with E-state index in [9.17, 15) is 4.79 Å². The van der Waals surface area contributed by atoms with Crippen molar-refractivity contribution in [2.45, 2.75) is 6.92 Å². The third-order valence-electron chi connectivity index (χ3n) is 3.94. The van der Waals surface area contributed by atoms with E-state index in [1.165, 1.54) is 5.01 Å². The lowest BCUT2D eigenvalue weighted by Crippen LogP contribution is -2.42. The third-order valence-corrected chi connectivity index (χ3v) is 4.74. The molecule has 3 aromatic rings. The fourth-order valence-electron chi connectivity index (χ4n) is 2.69. The summed E-state index contributed by atoms with van der Waals surface area (Å²) in [6.07, 6.45) is 0. The molecule has 0 saturated carbocycles. The molecule has 0 bridgehead atoms. The van der Waals surface area contributed by atoms with E-state index in [4.69, 9.17) is 34.8 Å². The average Bonchev–Trinajstić information content (AvgIpc) is 2.98. The number of aromatic nitrogens is 2. The first-order valence-corrected chi connectivity index (χ1v) is 9.20. The number of nitrogens with zero attached hydrogens (tertiary/aromatic N) is 3. The molecule has 0 unspecified atom stereocenters. The van der Waals surface area contributed by atoms with E-state index >= 15 is 0 Å².